The molecule has 0 atom stereocenters. The maximum atomic E-state index is 5.77. The monoisotopic (exact) mass is 276 g/mol. The zero-order valence-electron chi connectivity index (χ0n) is 11.3. The number of hydrogen-bond donors (Lipinski definition) is 2. The number of nitrogens with two attached hydrogens (primary N) is 1. The highest BCUT2D eigenvalue weighted by atomic mass is 32.1. The van der Waals surface area contributed by atoms with E-state index in [1.165, 1.54) is 32.1 Å². The molecule has 2 aromatic heterocycles. The summed E-state index contributed by atoms with van der Waals surface area (Å²) < 4.78 is 0. The van der Waals surface area contributed by atoms with Gasteiger partial charge in [0.15, 0.2) is 0 Å². The van der Waals surface area contributed by atoms with Gasteiger partial charge in [-0.25, -0.2) is 4.98 Å². The molecule has 102 valence electrons. The lowest BCUT2D eigenvalue weighted by Crippen LogP contribution is -2.29. The normalized spacial score (nSPS) is 18.6. The maximum absolute atomic E-state index is 5.77. The largest absolute Gasteiger partial charge is 0.369 e. The van der Waals surface area contributed by atoms with Crippen LogP contribution in [0, 0.1) is 5.41 Å². The number of hydrogen-bond acceptors (Lipinski definition) is 5. The molecule has 0 amide bonds. The third-order valence-corrected chi connectivity index (χ3v) is 4.89. The number of thiophene rings is 1. The lowest BCUT2D eigenvalue weighted by atomic mass is 9.76. The first-order valence-corrected chi connectivity index (χ1v) is 7.79. The summed E-state index contributed by atoms with van der Waals surface area (Å²) in [5.74, 6) is 1.24. The Hall–Kier alpha value is -1.36. The van der Waals surface area contributed by atoms with E-state index in [2.05, 4.69) is 28.3 Å². The van der Waals surface area contributed by atoms with Crippen LogP contribution in [0.4, 0.5) is 11.8 Å². The highest BCUT2D eigenvalue weighted by Crippen LogP contribution is 2.36. The lowest BCUT2D eigenvalue weighted by Gasteiger charge is -2.33. The van der Waals surface area contributed by atoms with Gasteiger partial charge in [-0.3, -0.25) is 0 Å². The van der Waals surface area contributed by atoms with E-state index in [9.17, 15) is 0 Å². The van der Waals surface area contributed by atoms with Crippen LogP contribution in [0.2, 0.25) is 0 Å². The van der Waals surface area contributed by atoms with Crippen LogP contribution in [-0.4, -0.2) is 16.5 Å². The molecule has 0 radical (unpaired) electrons. The van der Waals surface area contributed by atoms with Crippen LogP contribution in [0.25, 0.3) is 10.2 Å². The second-order valence-electron chi connectivity index (χ2n) is 5.79. The van der Waals surface area contributed by atoms with Crippen molar-refractivity contribution in [3.05, 3.63) is 11.4 Å². The van der Waals surface area contributed by atoms with E-state index in [1.807, 2.05) is 5.38 Å². The van der Waals surface area contributed by atoms with E-state index in [0.717, 1.165) is 22.6 Å². The van der Waals surface area contributed by atoms with Gasteiger partial charge in [0.25, 0.3) is 0 Å². The zero-order valence-corrected chi connectivity index (χ0v) is 12.1. The Bertz CT molecular complexity index is 572. The molecule has 0 unspecified atom stereocenters. The number of rotatable bonds is 3. The lowest BCUT2D eigenvalue weighted by molar-refractivity contribution is 0.233. The summed E-state index contributed by atoms with van der Waals surface area (Å²) in [6.07, 6.45) is 6.67. The molecule has 19 heavy (non-hydrogen) atoms. The van der Waals surface area contributed by atoms with Crippen molar-refractivity contribution in [3.63, 3.8) is 0 Å². The zero-order chi connectivity index (χ0) is 13.3. The average molecular weight is 276 g/mol. The molecule has 2 aromatic rings. The van der Waals surface area contributed by atoms with Crippen LogP contribution in [0.1, 0.15) is 39.0 Å². The number of nitrogen functional groups attached to an aromatic ring is 1. The van der Waals surface area contributed by atoms with Gasteiger partial charge in [0.05, 0.1) is 5.39 Å². The van der Waals surface area contributed by atoms with E-state index in [-0.39, 0.29) is 0 Å². The number of anilines is 2. The van der Waals surface area contributed by atoms with E-state index in [4.69, 9.17) is 5.73 Å². The highest BCUT2D eigenvalue weighted by molar-refractivity contribution is 7.16. The highest BCUT2D eigenvalue weighted by Gasteiger charge is 2.26. The van der Waals surface area contributed by atoms with Crippen LogP contribution in [0.15, 0.2) is 11.4 Å². The molecule has 5 heteroatoms. The van der Waals surface area contributed by atoms with Crippen LogP contribution in [0.3, 0.4) is 0 Å². The van der Waals surface area contributed by atoms with Crippen molar-refractivity contribution < 1.29 is 0 Å². The summed E-state index contributed by atoms with van der Waals surface area (Å²) >= 11 is 1.61. The first kappa shape index (κ1) is 12.7. The van der Waals surface area contributed by atoms with Gasteiger partial charge >= 0.3 is 0 Å². The second-order valence-corrected chi connectivity index (χ2v) is 6.69. The summed E-state index contributed by atoms with van der Waals surface area (Å²) in [6.45, 7) is 3.34. The molecule has 0 aromatic carbocycles. The van der Waals surface area contributed by atoms with Crippen LogP contribution in [0.5, 0.6) is 0 Å². The third kappa shape index (κ3) is 2.66. The van der Waals surface area contributed by atoms with E-state index in [0.29, 0.717) is 11.4 Å². The molecule has 1 aliphatic carbocycles. The third-order valence-electron chi connectivity index (χ3n) is 4.09. The van der Waals surface area contributed by atoms with Crippen molar-refractivity contribution in [3.8, 4) is 0 Å². The van der Waals surface area contributed by atoms with Crippen molar-refractivity contribution in [2.75, 3.05) is 17.6 Å². The van der Waals surface area contributed by atoms with E-state index in [1.54, 1.807) is 11.3 Å². The summed E-state index contributed by atoms with van der Waals surface area (Å²) in [7, 11) is 0. The molecule has 3 rings (SSSR count). The number of nitrogens with one attached hydrogen (secondary N) is 1. The summed E-state index contributed by atoms with van der Waals surface area (Å²) in [5, 5.41) is 6.62. The Kier molecular flexibility index (Phi) is 3.31. The molecule has 1 aliphatic rings. The Morgan fingerprint density at radius 1 is 1.32 bits per heavy atom. The van der Waals surface area contributed by atoms with E-state index >= 15 is 0 Å². The average Bonchev–Trinajstić information content (AvgIpc) is 2.85. The Labute approximate surface area is 117 Å². The van der Waals surface area contributed by atoms with Crippen molar-refractivity contribution in [2.24, 2.45) is 5.41 Å². The fourth-order valence-corrected chi connectivity index (χ4v) is 3.66. The minimum absolute atomic E-state index is 0.353. The molecule has 4 nitrogen and oxygen atoms in total. The van der Waals surface area contributed by atoms with Gasteiger partial charge in [0.1, 0.15) is 10.6 Å². The fourth-order valence-electron chi connectivity index (χ4n) is 2.89. The van der Waals surface area contributed by atoms with E-state index < -0.39 is 0 Å². The molecular formula is C14H20N4S. The number of fused-ring (bicyclic) bond motifs is 1. The molecule has 1 fully saturated rings. The first-order valence-electron chi connectivity index (χ1n) is 6.91. The molecule has 3 N–H and O–H groups in total. The van der Waals surface area contributed by atoms with Gasteiger partial charge in [-0.05, 0) is 29.7 Å². The van der Waals surface area contributed by atoms with Crippen molar-refractivity contribution >= 4 is 33.3 Å². The minimum atomic E-state index is 0.353. The van der Waals surface area contributed by atoms with Gasteiger partial charge in [-0.15, -0.1) is 11.3 Å². The van der Waals surface area contributed by atoms with Gasteiger partial charge in [0.2, 0.25) is 5.95 Å². The van der Waals surface area contributed by atoms with Gasteiger partial charge in [-0.2, -0.15) is 4.98 Å². The van der Waals surface area contributed by atoms with Gasteiger partial charge in [-0.1, -0.05) is 26.2 Å². The summed E-state index contributed by atoms with van der Waals surface area (Å²) in [4.78, 5) is 9.57. The van der Waals surface area contributed by atoms with Gasteiger partial charge < -0.3 is 11.1 Å². The van der Waals surface area contributed by atoms with Crippen LogP contribution < -0.4 is 11.1 Å². The molecule has 0 aliphatic heterocycles. The fraction of sp³-hybridized carbons (Fsp3) is 0.571. The predicted octanol–water partition coefficient (Wildman–Crippen LogP) is 3.66. The topological polar surface area (TPSA) is 63.8 Å². The van der Waals surface area contributed by atoms with Crippen molar-refractivity contribution in [1.29, 1.82) is 0 Å². The molecule has 2 heterocycles. The number of nitrogens with zero attached hydrogens (tertiary/aromatic N) is 2. The smallest absolute Gasteiger partial charge is 0.223 e. The molecule has 0 spiro atoms. The Morgan fingerprint density at radius 2 is 2.11 bits per heavy atom. The first-order chi connectivity index (χ1) is 9.16. The Balaban J connectivity index is 1.79. The SMILES string of the molecule is CC1(CNc2nc(N)nc3sccc23)CCCCC1. The summed E-state index contributed by atoms with van der Waals surface area (Å²) in [5.41, 5.74) is 6.16. The van der Waals surface area contributed by atoms with Crippen LogP contribution >= 0.6 is 11.3 Å². The summed E-state index contributed by atoms with van der Waals surface area (Å²) in [6, 6.07) is 2.06. The minimum Gasteiger partial charge on any atom is -0.369 e. The number of aromatic nitrogens is 2. The molecule has 0 bridgehead atoms. The molecule has 0 saturated heterocycles. The quantitative estimate of drug-likeness (QED) is 0.898. The Morgan fingerprint density at radius 3 is 2.89 bits per heavy atom. The van der Waals surface area contributed by atoms with Gasteiger partial charge in [0, 0.05) is 6.54 Å². The molecule has 1 saturated carbocycles. The van der Waals surface area contributed by atoms with Crippen molar-refractivity contribution in [2.45, 2.75) is 39.0 Å². The molecular weight excluding hydrogens is 256 g/mol. The van der Waals surface area contributed by atoms with Crippen molar-refractivity contribution in [1.82, 2.24) is 9.97 Å². The van der Waals surface area contributed by atoms with Crippen LogP contribution in [-0.2, 0) is 0 Å². The standard InChI is InChI=1S/C14H20N4S/c1-14(6-3-2-4-7-14)9-16-11-10-5-8-19-12(10)18-13(15)17-11/h5,8H,2-4,6-7,9H2,1H3,(H3,15,16,17,18). The maximum Gasteiger partial charge on any atom is 0.223 e. The predicted molar refractivity (Wildman–Crippen MR) is 81.5 cm³/mol. The second kappa shape index (κ2) is 4.96.